The highest BCUT2D eigenvalue weighted by Gasteiger charge is 2.18. The predicted molar refractivity (Wildman–Crippen MR) is 67.1 cm³/mol. The molecule has 94 valence electrons. The van der Waals surface area contributed by atoms with Gasteiger partial charge in [0.25, 0.3) is 10.0 Å². The van der Waals surface area contributed by atoms with E-state index in [1.54, 1.807) is 18.3 Å². The molecule has 0 aliphatic heterocycles. The van der Waals surface area contributed by atoms with Crippen LogP contribution in [0.15, 0.2) is 47.8 Å². The van der Waals surface area contributed by atoms with Gasteiger partial charge in [0.05, 0.1) is 11.9 Å². The average molecular weight is 265 g/mol. The lowest BCUT2D eigenvalue weighted by Gasteiger charge is -2.10. The Balaban J connectivity index is 2.37. The number of nitrogens with zero attached hydrogens (tertiary/aromatic N) is 2. The van der Waals surface area contributed by atoms with Crippen molar-refractivity contribution in [2.45, 2.75) is 4.90 Å². The second-order valence-corrected chi connectivity index (χ2v) is 4.99. The summed E-state index contributed by atoms with van der Waals surface area (Å²) in [6.07, 6.45) is 4.40. The molecule has 0 atom stereocenters. The SMILES string of the molecule is NNc1ncccc1S(=O)(=O)Nc1cccnc1. The lowest BCUT2D eigenvalue weighted by molar-refractivity contribution is 0.601. The second-order valence-electron chi connectivity index (χ2n) is 3.34. The summed E-state index contributed by atoms with van der Waals surface area (Å²) in [6, 6.07) is 6.14. The molecule has 2 rings (SSSR count). The largest absolute Gasteiger partial charge is 0.307 e. The van der Waals surface area contributed by atoms with Crippen LogP contribution in [0.4, 0.5) is 11.5 Å². The molecule has 2 aromatic heterocycles. The molecule has 18 heavy (non-hydrogen) atoms. The number of nitrogen functional groups attached to an aromatic ring is 1. The Labute approximate surface area is 104 Å². The van der Waals surface area contributed by atoms with E-state index < -0.39 is 10.0 Å². The maximum atomic E-state index is 12.1. The van der Waals surface area contributed by atoms with Crippen molar-refractivity contribution in [1.29, 1.82) is 0 Å². The van der Waals surface area contributed by atoms with Gasteiger partial charge in [0.2, 0.25) is 0 Å². The van der Waals surface area contributed by atoms with Gasteiger partial charge in [-0.25, -0.2) is 19.2 Å². The van der Waals surface area contributed by atoms with Crippen LogP contribution in [-0.2, 0) is 10.0 Å². The molecule has 8 heteroatoms. The maximum absolute atomic E-state index is 12.1. The van der Waals surface area contributed by atoms with Crippen molar-refractivity contribution in [1.82, 2.24) is 9.97 Å². The zero-order valence-corrected chi connectivity index (χ0v) is 10.1. The van der Waals surface area contributed by atoms with Gasteiger partial charge in [-0.1, -0.05) is 0 Å². The zero-order chi connectivity index (χ0) is 13.0. The van der Waals surface area contributed by atoms with E-state index in [0.29, 0.717) is 5.69 Å². The number of pyridine rings is 2. The van der Waals surface area contributed by atoms with E-state index in [-0.39, 0.29) is 10.7 Å². The first kappa shape index (κ1) is 12.3. The summed E-state index contributed by atoms with van der Waals surface area (Å²) < 4.78 is 26.6. The van der Waals surface area contributed by atoms with Crippen molar-refractivity contribution in [3.63, 3.8) is 0 Å². The Morgan fingerprint density at radius 1 is 1.17 bits per heavy atom. The maximum Gasteiger partial charge on any atom is 0.265 e. The van der Waals surface area contributed by atoms with Gasteiger partial charge in [-0.05, 0) is 24.3 Å². The minimum Gasteiger partial charge on any atom is -0.307 e. The third kappa shape index (κ3) is 2.55. The van der Waals surface area contributed by atoms with Crippen LogP contribution < -0.4 is 16.0 Å². The predicted octanol–water partition coefficient (Wildman–Crippen LogP) is 0.563. The molecule has 0 saturated heterocycles. The molecule has 4 N–H and O–H groups in total. The number of hydrogen-bond acceptors (Lipinski definition) is 6. The van der Waals surface area contributed by atoms with Gasteiger partial charge >= 0.3 is 0 Å². The van der Waals surface area contributed by atoms with E-state index in [9.17, 15) is 8.42 Å². The van der Waals surface area contributed by atoms with Gasteiger partial charge in [0.1, 0.15) is 4.90 Å². The Bertz CT molecular complexity index is 630. The van der Waals surface area contributed by atoms with Crippen LogP contribution in [0.5, 0.6) is 0 Å². The van der Waals surface area contributed by atoms with E-state index >= 15 is 0 Å². The van der Waals surface area contributed by atoms with Crippen LogP contribution in [0.3, 0.4) is 0 Å². The van der Waals surface area contributed by atoms with Crippen LogP contribution in [0, 0.1) is 0 Å². The third-order valence-corrected chi connectivity index (χ3v) is 3.52. The van der Waals surface area contributed by atoms with Crippen LogP contribution in [-0.4, -0.2) is 18.4 Å². The molecule has 0 unspecified atom stereocenters. The van der Waals surface area contributed by atoms with E-state index in [2.05, 4.69) is 20.1 Å². The quantitative estimate of drug-likeness (QED) is 0.550. The van der Waals surface area contributed by atoms with Crippen molar-refractivity contribution < 1.29 is 8.42 Å². The summed E-state index contributed by atoms with van der Waals surface area (Å²) in [5.41, 5.74) is 2.61. The van der Waals surface area contributed by atoms with Crippen LogP contribution in [0.25, 0.3) is 0 Å². The van der Waals surface area contributed by atoms with Gasteiger partial charge < -0.3 is 5.43 Å². The van der Waals surface area contributed by atoms with Gasteiger partial charge in [-0.2, -0.15) is 0 Å². The summed E-state index contributed by atoms with van der Waals surface area (Å²) in [4.78, 5) is 7.63. The number of anilines is 2. The number of nitrogens with two attached hydrogens (primary N) is 1. The van der Waals surface area contributed by atoms with E-state index in [1.807, 2.05) is 0 Å². The molecule has 0 saturated carbocycles. The first-order chi connectivity index (χ1) is 8.63. The fraction of sp³-hybridized carbons (Fsp3) is 0. The first-order valence-corrected chi connectivity index (χ1v) is 6.46. The molecule has 2 heterocycles. The topological polar surface area (TPSA) is 110 Å². The molecule has 2 aromatic rings. The van der Waals surface area contributed by atoms with Crippen LogP contribution in [0.2, 0.25) is 0 Å². The van der Waals surface area contributed by atoms with Crippen LogP contribution >= 0.6 is 0 Å². The zero-order valence-electron chi connectivity index (χ0n) is 9.24. The van der Waals surface area contributed by atoms with Crippen molar-refractivity contribution in [3.05, 3.63) is 42.9 Å². The van der Waals surface area contributed by atoms with Gasteiger partial charge in [0, 0.05) is 12.4 Å². The summed E-state index contributed by atoms with van der Waals surface area (Å²) >= 11 is 0. The highest BCUT2D eigenvalue weighted by molar-refractivity contribution is 7.92. The van der Waals surface area contributed by atoms with E-state index in [0.717, 1.165) is 0 Å². The summed E-state index contributed by atoms with van der Waals surface area (Å²) in [5.74, 6) is 5.30. The smallest absolute Gasteiger partial charge is 0.265 e. The summed E-state index contributed by atoms with van der Waals surface area (Å²) in [6.45, 7) is 0. The van der Waals surface area contributed by atoms with Crippen molar-refractivity contribution in [3.8, 4) is 0 Å². The van der Waals surface area contributed by atoms with Crippen molar-refractivity contribution in [2.75, 3.05) is 10.1 Å². The summed E-state index contributed by atoms with van der Waals surface area (Å²) in [5, 5.41) is 0. The first-order valence-electron chi connectivity index (χ1n) is 4.98. The molecule has 0 radical (unpaired) electrons. The molecule has 7 nitrogen and oxygen atoms in total. The molecule has 0 spiro atoms. The molecule has 0 aromatic carbocycles. The minimum absolute atomic E-state index is 0.0312. The average Bonchev–Trinajstić information content (AvgIpc) is 2.39. The van der Waals surface area contributed by atoms with E-state index in [4.69, 9.17) is 5.84 Å². The number of aromatic nitrogens is 2. The number of nitrogens with one attached hydrogen (secondary N) is 2. The molecule has 0 fully saturated rings. The van der Waals surface area contributed by atoms with Crippen molar-refractivity contribution >= 4 is 21.5 Å². The van der Waals surface area contributed by atoms with Gasteiger partial charge in [-0.3, -0.25) is 9.71 Å². The van der Waals surface area contributed by atoms with E-state index in [1.165, 1.54) is 24.5 Å². The standard InChI is InChI=1S/C10H11N5O2S/c11-14-10-9(4-2-6-13-10)18(16,17)15-8-3-1-5-12-7-8/h1-7,15H,11H2,(H,13,14). The monoisotopic (exact) mass is 265 g/mol. The summed E-state index contributed by atoms with van der Waals surface area (Å²) in [7, 11) is -3.75. The lowest BCUT2D eigenvalue weighted by atomic mass is 10.4. The molecule has 0 aliphatic rings. The second kappa shape index (κ2) is 4.98. The number of rotatable bonds is 4. The molecule has 0 bridgehead atoms. The normalized spacial score (nSPS) is 10.9. The fourth-order valence-electron chi connectivity index (χ4n) is 1.35. The Kier molecular flexibility index (Phi) is 3.40. The van der Waals surface area contributed by atoms with Crippen LogP contribution in [0.1, 0.15) is 0 Å². The lowest BCUT2D eigenvalue weighted by Crippen LogP contribution is -2.18. The number of hydrazine groups is 1. The molecule has 0 amide bonds. The molecular weight excluding hydrogens is 254 g/mol. The van der Waals surface area contributed by atoms with Crippen molar-refractivity contribution in [2.24, 2.45) is 5.84 Å². The molecular formula is C10H11N5O2S. The third-order valence-electron chi connectivity index (χ3n) is 2.11. The highest BCUT2D eigenvalue weighted by atomic mass is 32.2. The number of sulfonamides is 1. The highest BCUT2D eigenvalue weighted by Crippen LogP contribution is 2.20. The number of hydrogen-bond donors (Lipinski definition) is 3. The van der Waals surface area contributed by atoms with Gasteiger partial charge in [0.15, 0.2) is 5.82 Å². The Morgan fingerprint density at radius 2 is 1.94 bits per heavy atom. The molecule has 0 aliphatic carbocycles. The van der Waals surface area contributed by atoms with Gasteiger partial charge in [-0.15, -0.1) is 0 Å². The minimum atomic E-state index is -3.75. The Morgan fingerprint density at radius 3 is 2.61 bits per heavy atom. The fourth-order valence-corrected chi connectivity index (χ4v) is 2.51. The Hall–Kier alpha value is -2.19.